The first kappa shape index (κ1) is 36.7. The predicted octanol–water partition coefficient (Wildman–Crippen LogP) is 9.42. The first-order valence-electron chi connectivity index (χ1n) is 11.3. The summed E-state index contributed by atoms with van der Waals surface area (Å²) in [7, 11) is 0. The van der Waals surface area contributed by atoms with Crippen molar-refractivity contribution in [2.75, 3.05) is 13.2 Å². The minimum atomic E-state index is -8.64. The molecular formula is C22H21F17O2. The Bertz CT molecular complexity index is 971. The van der Waals surface area contributed by atoms with Crippen LogP contribution in [0.5, 0.6) is 11.5 Å². The highest BCUT2D eigenvalue weighted by Crippen LogP contribution is 2.64. The van der Waals surface area contributed by atoms with E-state index in [9.17, 15) is 74.6 Å². The van der Waals surface area contributed by atoms with Crippen LogP contribution in [0.25, 0.3) is 0 Å². The van der Waals surface area contributed by atoms with E-state index in [0.717, 1.165) is 31.4 Å². The molecule has 0 heterocycles. The van der Waals surface area contributed by atoms with Crippen LogP contribution >= 0.6 is 0 Å². The topological polar surface area (TPSA) is 18.5 Å². The lowest BCUT2D eigenvalue weighted by molar-refractivity contribution is -0.461. The highest BCUT2D eigenvalue weighted by atomic mass is 19.4. The molecule has 0 fully saturated rings. The molecule has 19 heteroatoms. The molecule has 0 atom stereocenters. The quantitative estimate of drug-likeness (QED) is 0.132. The van der Waals surface area contributed by atoms with E-state index in [0.29, 0.717) is 6.42 Å². The second-order valence-corrected chi connectivity index (χ2v) is 8.63. The number of halogens is 17. The van der Waals surface area contributed by atoms with Crippen LogP contribution in [0.3, 0.4) is 0 Å². The molecule has 0 spiro atoms. The molecule has 0 unspecified atom stereocenters. The van der Waals surface area contributed by atoms with Gasteiger partial charge < -0.3 is 9.47 Å². The molecule has 1 rings (SSSR count). The average molecular weight is 640 g/mol. The molecule has 0 saturated carbocycles. The normalized spacial score (nSPS) is 14.8. The standard InChI is InChI=1S/C22H21F17O2/c1-2-3-4-5-11-40-13-6-8-14(9-7-13)41-12-10-15(23,24)16(25,26)17(27,28)18(29,30)19(31,32)20(33,34)21(35,36)22(37,38)39/h6-9H,2-5,10-12H2,1H3. The SMILES string of the molecule is CCCCCCOc1ccc(OCCC(F)(F)C(F)(F)C(F)(F)C(F)(F)C(F)(F)C(F)(F)C(F)(F)C(F)(F)F)cc1. The van der Waals surface area contributed by atoms with Crippen molar-refractivity contribution >= 4 is 0 Å². The fourth-order valence-electron chi connectivity index (χ4n) is 3.00. The maximum absolute atomic E-state index is 13.9. The van der Waals surface area contributed by atoms with Gasteiger partial charge in [-0.25, -0.2) is 0 Å². The van der Waals surface area contributed by atoms with Crippen LogP contribution in [-0.2, 0) is 0 Å². The molecule has 0 amide bonds. The van der Waals surface area contributed by atoms with Crippen LogP contribution in [0.2, 0.25) is 0 Å². The van der Waals surface area contributed by atoms with Crippen molar-refractivity contribution in [2.24, 2.45) is 0 Å². The zero-order valence-corrected chi connectivity index (χ0v) is 20.5. The molecule has 0 aliphatic rings. The van der Waals surface area contributed by atoms with E-state index in [1.807, 2.05) is 6.92 Å². The number of alkyl halides is 17. The predicted molar refractivity (Wildman–Crippen MR) is 107 cm³/mol. The van der Waals surface area contributed by atoms with Crippen LogP contribution in [0.1, 0.15) is 39.0 Å². The fourth-order valence-corrected chi connectivity index (χ4v) is 3.00. The van der Waals surface area contributed by atoms with Crippen LogP contribution in [-0.4, -0.2) is 60.8 Å². The van der Waals surface area contributed by atoms with Gasteiger partial charge in [-0.2, -0.15) is 74.6 Å². The molecule has 0 aliphatic heterocycles. The summed E-state index contributed by atoms with van der Waals surface area (Å²) in [5.41, 5.74) is 0. The second kappa shape index (κ2) is 12.1. The van der Waals surface area contributed by atoms with E-state index < -0.39 is 66.4 Å². The van der Waals surface area contributed by atoms with Gasteiger partial charge >= 0.3 is 47.6 Å². The molecule has 1 aromatic rings. The smallest absolute Gasteiger partial charge is 0.460 e. The van der Waals surface area contributed by atoms with Gasteiger partial charge in [0.1, 0.15) is 11.5 Å². The third kappa shape index (κ3) is 6.67. The van der Waals surface area contributed by atoms with Gasteiger partial charge in [-0.15, -0.1) is 0 Å². The van der Waals surface area contributed by atoms with E-state index >= 15 is 0 Å². The molecule has 240 valence electrons. The van der Waals surface area contributed by atoms with E-state index in [1.165, 1.54) is 12.1 Å². The monoisotopic (exact) mass is 640 g/mol. The molecule has 0 aromatic heterocycles. The Hall–Kier alpha value is -2.37. The van der Waals surface area contributed by atoms with E-state index in [4.69, 9.17) is 4.74 Å². The number of hydrogen-bond acceptors (Lipinski definition) is 2. The summed E-state index contributed by atoms with van der Waals surface area (Å²) >= 11 is 0. The molecule has 41 heavy (non-hydrogen) atoms. The Morgan fingerprint density at radius 3 is 1.22 bits per heavy atom. The first-order chi connectivity index (χ1) is 18.3. The highest BCUT2D eigenvalue weighted by Gasteiger charge is 2.95. The number of hydrogen-bond donors (Lipinski definition) is 0. The zero-order valence-electron chi connectivity index (χ0n) is 20.5. The number of rotatable bonds is 16. The summed E-state index contributed by atoms with van der Waals surface area (Å²) in [6.07, 6.45) is -7.04. The summed E-state index contributed by atoms with van der Waals surface area (Å²) in [6.45, 7) is 0.531. The van der Waals surface area contributed by atoms with Crippen LogP contribution in [0.15, 0.2) is 24.3 Å². The molecule has 0 N–H and O–H groups in total. The lowest BCUT2D eigenvalue weighted by Gasteiger charge is -2.42. The van der Waals surface area contributed by atoms with Crippen molar-refractivity contribution in [3.63, 3.8) is 0 Å². The lowest BCUT2D eigenvalue weighted by Crippen LogP contribution is -2.74. The summed E-state index contributed by atoms with van der Waals surface area (Å²) in [6, 6.07) is 4.39. The minimum Gasteiger partial charge on any atom is -0.494 e. The largest absolute Gasteiger partial charge is 0.494 e. The molecule has 0 aliphatic carbocycles. The summed E-state index contributed by atoms with van der Waals surface area (Å²) < 4.78 is 236. The van der Waals surface area contributed by atoms with Gasteiger partial charge in [0.25, 0.3) is 0 Å². The Balaban J connectivity index is 3.07. The van der Waals surface area contributed by atoms with Crippen molar-refractivity contribution < 1.29 is 84.1 Å². The van der Waals surface area contributed by atoms with Crippen LogP contribution in [0, 0.1) is 0 Å². The zero-order chi connectivity index (χ0) is 32.3. The van der Waals surface area contributed by atoms with Gasteiger partial charge in [-0.1, -0.05) is 26.2 Å². The van der Waals surface area contributed by atoms with Gasteiger partial charge in [0, 0.05) is 0 Å². The van der Waals surface area contributed by atoms with Gasteiger partial charge in [-0.3, -0.25) is 0 Å². The second-order valence-electron chi connectivity index (χ2n) is 8.63. The molecule has 2 nitrogen and oxygen atoms in total. The third-order valence-corrected chi connectivity index (χ3v) is 5.56. The summed E-state index contributed by atoms with van der Waals surface area (Å²) in [5, 5.41) is 0. The lowest BCUT2D eigenvalue weighted by atomic mass is 9.88. The Morgan fingerprint density at radius 1 is 0.463 bits per heavy atom. The van der Waals surface area contributed by atoms with Crippen molar-refractivity contribution in [2.45, 2.75) is 86.7 Å². The minimum absolute atomic E-state index is 0.224. The van der Waals surface area contributed by atoms with Crippen LogP contribution in [0.4, 0.5) is 74.6 Å². The summed E-state index contributed by atoms with van der Waals surface area (Å²) in [4.78, 5) is 0. The third-order valence-electron chi connectivity index (χ3n) is 5.56. The average Bonchev–Trinajstić information content (AvgIpc) is 2.83. The highest BCUT2D eigenvalue weighted by molar-refractivity contribution is 5.31. The molecule has 0 saturated heterocycles. The Kier molecular flexibility index (Phi) is 10.8. The summed E-state index contributed by atoms with van der Waals surface area (Å²) in [5.74, 6) is -56.6. The number of unbranched alkanes of at least 4 members (excludes halogenated alkanes) is 3. The van der Waals surface area contributed by atoms with E-state index in [-0.39, 0.29) is 12.4 Å². The Morgan fingerprint density at radius 2 is 0.829 bits per heavy atom. The van der Waals surface area contributed by atoms with Gasteiger partial charge in [-0.05, 0) is 30.7 Å². The maximum atomic E-state index is 13.9. The molecular weight excluding hydrogens is 619 g/mol. The van der Waals surface area contributed by atoms with Crippen molar-refractivity contribution in [1.29, 1.82) is 0 Å². The maximum Gasteiger partial charge on any atom is 0.460 e. The molecule has 0 radical (unpaired) electrons. The fraction of sp³-hybridized carbons (Fsp3) is 0.727. The van der Waals surface area contributed by atoms with Crippen LogP contribution < -0.4 is 9.47 Å². The first-order valence-corrected chi connectivity index (χ1v) is 11.3. The number of benzene rings is 1. The van der Waals surface area contributed by atoms with Gasteiger partial charge in [0.2, 0.25) is 0 Å². The van der Waals surface area contributed by atoms with E-state index in [2.05, 4.69) is 4.74 Å². The molecule has 1 aromatic carbocycles. The van der Waals surface area contributed by atoms with Crippen molar-refractivity contribution in [3.05, 3.63) is 24.3 Å². The number of ether oxygens (including phenoxy) is 2. The Labute approximate surface area is 220 Å². The molecule has 0 bridgehead atoms. The van der Waals surface area contributed by atoms with E-state index in [1.54, 1.807) is 0 Å². The van der Waals surface area contributed by atoms with Gasteiger partial charge in [0.05, 0.1) is 19.6 Å². The van der Waals surface area contributed by atoms with Crippen molar-refractivity contribution in [1.82, 2.24) is 0 Å². The van der Waals surface area contributed by atoms with Gasteiger partial charge in [0.15, 0.2) is 0 Å². The van der Waals surface area contributed by atoms with Crippen molar-refractivity contribution in [3.8, 4) is 11.5 Å².